The number of ether oxygens (including phenoxy) is 3. The van der Waals surface area contributed by atoms with Crippen LogP contribution in [0.15, 0.2) is 12.1 Å². The van der Waals surface area contributed by atoms with E-state index in [1.165, 1.54) is 19.3 Å². The summed E-state index contributed by atoms with van der Waals surface area (Å²) >= 11 is 0. The molecule has 1 aromatic carbocycles. The van der Waals surface area contributed by atoms with Gasteiger partial charge in [-0.1, -0.05) is 13.3 Å². The van der Waals surface area contributed by atoms with Gasteiger partial charge in [0.2, 0.25) is 5.75 Å². The van der Waals surface area contributed by atoms with Crippen LogP contribution in [-0.4, -0.2) is 32.3 Å². The predicted octanol–water partition coefficient (Wildman–Crippen LogP) is 3.17. The van der Waals surface area contributed by atoms with Crippen molar-refractivity contribution in [2.75, 3.05) is 20.3 Å². The first-order valence-electron chi connectivity index (χ1n) is 8.49. The van der Waals surface area contributed by atoms with Crippen molar-refractivity contribution in [1.82, 2.24) is 5.32 Å². The van der Waals surface area contributed by atoms with Crippen molar-refractivity contribution in [3.8, 4) is 17.2 Å². The molecule has 3 rings (SSSR count). The second-order valence-electron chi connectivity index (χ2n) is 6.30. The summed E-state index contributed by atoms with van der Waals surface area (Å²) in [6.45, 7) is 3.23. The highest BCUT2D eigenvalue weighted by molar-refractivity contribution is 5.95. The van der Waals surface area contributed by atoms with Crippen molar-refractivity contribution in [3.63, 3.8) is 0 Å². The van der Waals surface area contributed by atoms with Crippen molar-refractivity contribution in [2.24, 2.45) is 5.92 Å². The molecule has 1 aliphatic heterocycles. The van der Waals surface area contributed by atoms with E-state index in [9.17, 15) is 4.79 Å². The second kappa shape index (κ2) is 7.11. The van der Waals surface area contributed by atoms with E-state index in [0.29, 0.717) is 36.0 Å². The summed E-state index contributed by atoms with van der Waals surface area (Å²) in [7, 11) is 1.57. The highest BCUT2D eigenvalue weighted by Gasteiger charge is 2.24. The van der Waals surface area contributed by atoms with E-state index in [4.69, 9.17) is 14.2 Å². The number of amides is 1. The van der Waals surface area contributed by atoms with Crippen molar-refractivity contribution in [3.05, 3.63) is 17.7 Å². The summed E-state index contributed by atoms with van der Waals surface area (Å²) < 4.78 is 16.5. The van der Waals surface area contributed by atoms with E-state index < -0.39 is 0 Å². The zero-order valence-electron chi connectivity index (χ0n) is 13.9. The van der Waals surface area contributed by atoms with Crippen molar-refractivity contribution in [1.29, 1.82) is 0 Å². The van der Waals surface area contributed by atoms with Gasteiger partial charge in [-0.25, -0.2) is 0 Å². The zero-order chi connectivity index (χ0) is 16.2. The molecule has 5 nitrogen and oxygen atoms in total. The fourth-order valence-electron chi connectivity index (χ4n) is 3.39. The molecular formula is C18H25NO4. The fraction of sp³-hybridized carbons (Fsp3) is 0.611. The molecule has 0 unspecified atom stereocenters. The predicted molar refractivity (Wildman–Crippen MR) is 87.5 cm³/mol. The van der Waals surface area contributed by atoms with Crippen molar-refractivity contribution < 1.29 is 19.0 Å². The maximum absolute atomic E-state index is 12.6. The van der Waals surface area contributed by atoms with Crippen LogP contribution in [0.1, 0.15) is 49.4 Å². The Kier molecular flexibility index (Phi) is 4.94. The lowest BCUT2D eigenvalue weighted by Crippen LogP contribution is -2.37. The molecule has 0 radical (unpaired) electrons. The van der Waals surface area contributed by atoms with E-state index in [-0.39, 0.29) is 11.9 Å². The maximum atomic E-state index is 12.6. The number of benzene rings is 1. The molecule has 1 aliphatic carbocycles. The Morgan fingerprint density at radius 1 is 1.22 bits per heavy atom. The van der Waals surface area contributed by atoms with Crippen LogP contribution >= 0.6 is 0 Å². The van der Waals surface area contributed by atoms with E-state index in [2.05, 4.69) is 12.2 Å². The molecule has 0 atom stereocenters. The number of carbonyl (C=O) groups is 1. The van der Waals surface area contributed by atoms with Gasteiger partial charge in [-0.2, -0.15) is 0 Å². The Morgan fingerprint density at radius 2 is 1.96 bits per heavy atom. The summed E-state index contributed by atoms with van der Waals surface area (Å²) in [6.07, 6.45) is 5.76. The van der Waals surface area contributed by atoms with Gasteiger partial charge in [0.05, 0.1) is 7.11 Å². The SMILES string of the molecule is CCC1CCC(NC(=O)c2cc(OC)c3c(c2)OCCO3)CC1. The largest absolute Gasteiger partial charge is 0.493 e. The smallest absolute Gasteiger partial charge is 0.251 e. The summed E-state index contributed by atoms with van der Waals surface area (Å²) in [5, 5.41) is 3.15. The minimum Gasteiger partial charge on any atom is -0.493 e. The Bertz CT molecular complexity index is 547. The molecule has 0 aromatic heterocycles. The molecular weight excluding hydrogens is 294 g/mol. The Labute approximate surface area is 137 Å². The number of hydrogen-bond acceptors (Lipinski definition) is 4. The average molecular weight is 319 g/mol. The highest BCUT2D eigenvalue weighted by atomic mass is 16.6. The molecule has 5 heteroatoms. The molecule has 1 fully saturated rings. The van der Waals surface area contributed by atoms with Gasteiger partial charge < -0.3 is 19.5 Å². The van der Waals surface area contributed by atoms with Crippen LogP contribution in [0.5, 0.6) is 17.2 Å². The van der Waals surface area contributed by atoms with Crippen LogP contribution in [0.4, 0.5) is 0 Å². The second-order valence-corrected chi connectivity index (χ2v) is 6.30. The highest BCUT2D eigenvalue weighted by Crippen LogP contribution is 2.40. The quantitative estimate of drug-likeness (QED) is 0.926. The summed E-state index contributed by atoms with van der Waals surface area (Å²) in [5.41, 5.74) is 0.559. The van der Waals surface area contributed by atoms with Crippen LogP contribution in [0.3, 0.4) is 0 Å². The molecule has 1 N–H and O–H groups in total. The molecule has 0 spiro atoms. The van der Waals surface area contributed by atoms with Crippen molar-refractivity contribution in [2.45, 2.75) is 45.1 Å². The third-order valence-electron chi connectivity index (χ3n) is 4.85. The average Bonchev–Trinajstić information content (AvgIpc) is 2.61. The number of carbonyl (C=O) groups excluding carboxylic acids is 1. The minimum atomic E-state index is -0.0692. The van der Waals surface area contributed by atoms with E-state index >= 15 is 0 Å². The topological polar surface area (TPSA) is 56.8 Å². The van der Waals surface area contributed by atoms with Gasteiger partial charge in [-0.05, 0) is 43.7 Å². The molecule has 2 aliphatic rings. The number of fused-ring (bicyclic) bond motifs is 1. The standard InChI is InChI=1S/C18H25NO4/c1-3-12-4-6-14(7-5-12)19-18(20)13-10-15(21-2)17-16(11-13)22-8-9-23-17/h10-12,14H,3-9H2,1-2H3,(H,19,20). The molecule has 1 aromatic rings. The summed E-state index contributed by atoms with van der Waals surface area (Å²) in [5.74, 6) is 2.45. The van der Waals surface area contributed by atoms with Gasteiger partial charge in [-0.15, -0.1) is 0 Å². The number of nitrogens with one attached hydrogen (secondary N) is 1. The normalized spacial score (nSPS) is 23.2. The Morgan fingerprint density at radius 3 is 2.65 bits per heavy atom. The first-order valence-corrected chi connectivity index (χ1v) is 8.49. The molecule has 1 saturated carbocycles. The lowest BCUT2D eigenvalue weighted by molar-refractivity contribution is 0.0919. The van der Waals surface area contributed by atoms with Gasteiger partial charge >= 0.3 is 0 Å². The molecule has 126 valence electrons. The summed E-state index contributed by atoms with van der Waals surface area (Å²) in [4.78, 5) is 12.6. The van der Waals surface area contributed by atoms with Crippen LogP contribution < -0.4 is 19.5 Å². The molecule has 23 heavy (non-hydrogen) atoms. The number of hydrogen-bond donors (Lipinski definition) is 1. The van der Waals surface area contributed by atoms with Gasteiger partial charge in [-0.3, -0.25) is 4.79 Å². The zero-order valence-corrected chi connectivity index (χ0v) is 13.9. The lowest BCUT2D eigenvalue weighted by atomic mass is 9.84. The molecule has 0 bridgehead atoms. The van der Waals surface area contributed by atoms with Gasteiger partial charge in [0.1, 0.15) is 13.2 Å². The van der Waals surface area contributed by atoms with Crippen LogP contribution in [0, 0.1) is 5.92 Å². The third kappa shape index (κ3) is 3.54. The van der Waals surface area contributed by atoms with Crippen LogP contribution in [-0.2, 0) is 0 Å². The van der Waals surface area contributed by atoms with Crippen molar-refractivity contribution >= 4 is 5.91 Å². The van der Waals surface area contributed by atoms with E-state index in [0.717, 1.165) is 18.8 Å². The molecule has 1 heterocycles. The first kappa shape index (κ1) is 16.0. The van der Waals surface area contributed by atoms with Crippen LogP contribution in [0.2, 0.25) is 0 Å². The third-order valence-corrected chi connectivity index (χ3v) is 4.85. The van der Waals surface area contributed by atoms with Crippen LogP contribution in [0.25, 0.3) is 0 Å². The number of rotatable bonds is 4. The number of methoxy groups -OCH3 is 1. The van der Waals surface area contributed by atoms with Gasteiger partial charge in [0, 0.05) is 11.6 Å². The van der Waals surface area contributed by atoms with E-state index in [1.807, 2.05) is 0 Å². The minimum absolute atomic E-state index is 0.0692. The summed E-state index contributed by atoms with van der Waals surface area (Å²) in [6, 6.07) is 3.73. The first-order chi connectivity index (χ1) is 11.2. The monoisotopic (exact) mass is 319 g/mol. The lowest BCUT2D eigenvalue weighted by Gasteiger charge is -2.28. The Balaban J connectivity index is 1.70. The van der Waals surface area contributed by atoms with Gasteiger partial charge in [0.15, 0.2) is 11.5 Å². The van der Waals surface area contributed by atoms with Gasteiger partial charge in [0.25, 0.3) is 5.91 Å². The molecule has 0 saturated heterocycles. The maximum Gasteiger partial charge on any atom is 0.251 e. The fourth-order valence-corrected chi connectivity index (χ4v) is 3.39. The Hall–Kier alpha value is -1.91. The van der Waals surface area contributed by atoms with E-state index in [1.54, 1.807) is 19.2 Å². The molecule has 1 amide bonds.